The first-order valence-electron chi connectivity index (χ1n) is 5.37. The van der Waals surface area contributed by atoms with E-state index in [0.717, 1.165) is 20.2 Å². The molecule has 0 saturated carbocycles. The van der Waals surface area contributed by atoms with Gasteiger partial charge in [-0.2, -0.15) is 0 Å². The second-order valence-electron chi connectivity index (χ2n) is 2.48. The number of aliphatic hydroxyl groups excluding tert-OH is 2. The van der Waals surface area contributed by atoms with Crippen LogP contribution in [0.5, 0.6) is 0 Å². The molecule has 0 spiro atoms. The molecule has 0 saturated heterocycles. The van der Waals surface area contributed by atoms with Crippen molar-refractivity contribution in [3.63, 3.8) is 0 Å². The average Bonchev–Trinajstić information content (AvgIpc) is 2.31. The van der Waals surface area contributed by atoms with Gasteiger partial charge in [0.05, 0.1) is 19.8 Å². The van der Waals surface area contributed by atoms with Gasteiger partial charge in [0, 0.05) is 16.5 Å². The molecule has 0 fully saturated rings. The minimum atomic E-state index is 0. The van der Waals surface area contributed by atoms with Gasteiger partial charge in [0.2, 0.25) is 0 Å². The van der Waals surface area contributed by atoms with Crippen LogP contribution < -0.4 is 11.1 Å². The zero-order valence-electron chi connectivity index (χ0n) is 10.3. The van der Waals surface area contributed by atoms with Gasteiger partial charge < -0.3 is 26.0 Å². The van der Waals surface area contributed by atoms with Gasteiger partial charge in [0.1, 0.15) is 0 Å². The fourth-order valence-electron chi connectivity index (χ4n) is 0.603. The number of hydrogen-bond acceptors (Lipinski definition) is 5. The van der Waals surface area contributed by atoms with Crippen LogP contribution in [0.4, 0.5) is 0 Å². The maximum absolute atomic E-state index is 8.13. The summed E-state index contributed by atoms with van der Waals surface area (Å²) >= 11 is 0. The van der Waals surface area contributed by atoms with Gasteiger partial charge >= 0.3 is 0 Å². The summed E-state index contributed by atoms with van der Waals surface area (Å²) in [7, 11) is 1.00. The molecule has 0 aliphatic rings. The minimum Gasteiger partial charge on any atom is -0.400 e. The van der Waals surface area contributed by atoms with Gasteiger partial charge in [-0.15, -0.1) is 0 Å². The Morgan fingerprint density at radius 3 is 2.13 bits per heavy atom. The molecule has 0 aromatic carbocycles. The molecule has 5 heteroatoms. The predicted molar refractivity (Wildman–Crippen MR) is 68.2 cm³/mol. The molecule has 0 amide bonds. The molecule has 100 valence electrons. The van der Waals surface area contributed by atoms with Gasteiger partial charge in [-0.25, -0.2) is 0 Å². The Hall–Kier alpha value is -0.200. The topological polar surface area (TPSA) is 87.7 Å². The van der Waals surface area contributed by atoms with Crippen LogP contribution in [0.25, 0.3) is 0 Å². The van der Waals surface area contributed by atoms with Crippen molar-refractivity contribution < 1.29 is 17.8 Å². The number of ether oxygens (including phenoxy) is 1. The number of nitrogens with two attached hydrogens (primary N) is 1. The smallest absolute Gasteiger partial charge is 0.0698 e. The molecule has 0 aromatic rings. The summed E-state index contributed by atoms with van der Waals surface area (Å²) in [5.41, 5.74) is 5.06. The molecule has 0 heterocycles. The van der Waals surface area contributed by atoms with Crippen molar-refractivity contribution in [1.29, 1.82) is 0 Å². The lowest BCUT2D eigenvalue weighted by molar-refractivity contribution is 0.0976. The van der Waals surface area contributed by atoms with Gasteiger partial charge in [0.25, 0.3) is 0 Å². The van der Waals surface area contributed by atoms with Crippen LogP contribution in [0, 0.1) is 0 Å². The highest BCUT2D eigenvalue weighted by atomic mass is 16.5. The molecular weight excluding hydrogens is 196 g/mol. The Labute approximate surface area is 96.6 Å². The number of rotatable bonds is 7. The first-order chi connectivity index (χ1) is 7.33. The second kappa shape index (κ2) is 29.2. The molecule has 0 bridgehead atoms. The maximum Gasteiger partial charge on any atom is 0.0698 e. The van der Waals surface area contributed by atoms with Crippen molar-refractivity contribution in [1.82, 2.24) is 5.32 Å². The molecule has 0 unspecified atom stereocenters. The third-order valence-electron chi connectivity index (χ3n) is 1.17. The molecule has 0 aliphatic heterocycles. The van der Waals surface area contributed by atoms with Gasteiger partial charge in [-0.3, -0.25) is 0 Å². The highest BCUT2D eigenvalue weighted by molar-refractivity contribution is 4.35. The first-order valence-corrected chi connectivity index (χ1v) is 5.37. The van der Waals surface area contributed by atoms with E-state index in [0.29, 0.717) is 19.8 Å². The second-order valence-corrected chi connectivity index (χ2v) is 2.48. The lowest BCUT2D eigenvalue weighted by Crippen LogP contribution is -2.12. The molecule has 0 aromatic heterocycles. The summed E-state index contributed by atoms with van der Waals surface area (Å²) in [6.45, 7) is 8.11. The third-order valence-corrected chi connectivity index (χ3v) is 1.17. The third kappa shape index (κ3) is 41.6. The molecular formula is C10H32N2O3. The van der Waals surface area contributed by atoms with Crippen molar-refractivity contribution in [2.24, 2.45) is 5.73 Å². The normalized spacial score (nSPS) is 8.40. The molecule has 0 radical (unpaired) electrons. The summed E-state index contributed by atoms with van der Waals surface area (Å²) in [6.07, 6.45) is 1.24. The quantitative estimate of drug-likeness (QED) is 0.463. The maximum atomic E-state index is 8.13. The summed E-state index contributed by atoms with van der Waals surface area (Å²) in [5.74, 6) is 0. The lowest BCUT2D eigenvalue weighted by Gasteiger charge is -1.95. The van der Waals surface area contributed by atoms with Crippen LogP contribution in [-0.2, 0) is 4.74 Å². The zero-order chi connectivity index (χ0) is 12.4. The minimum absolute atomic E-state index is 0. The Morgan fingerprint density at radius 2 is 1.87 bits per heavy atom. The molecule has 0 aliphatic carbocycles. The predicted octanol–water partition coefficient (Wildman–Crippen LogP) is 0.0604. The molecule has 5 N–H and O–H groups in total. The van der Waals surface area contributed by atoms with E-state index in [2.05, 4.69) is 19.2 Å². The van der Waals surface area contributed by atoms with E-state index in [4.69, 9.17) is 20.7 Å². The molecule has 0 atom stereocenters. The largest absolute Gasteiger partial charge is 0.400 e. The van der Waals surface area contributed by atoms with Crippen molar-refractivity contribution in [2.45, 2.75) is 20.3 Å². The van der Waals surface area contributed by atoms with Crippen molar-refractivity contribution in [3.05, 3.63) is 0 Å². The van der Waals surface area contributed by atoms with E-state index in [9.17, 15) is 0 Å². The Balaban J connectivity index is -0.0000000448. The van der Waals surface area contributed by atoms with Crippen LogP contribution in [0.2, 0.25) is 0 Å². The highest BCUT2D eigenvalue weighted by Gasteiger charge is 1.78. The van der Waals surface area contributed by atoms with Crippen molar-refractivity contribution in [3.8, 4) is 0 Å². The molecule has 0 rings (SSSR count). The fourth-order valence-corrected chi connectivity index (χ4v) is 0.603. The van der Waals surface area contributed by atoms with E-state index >= 15 is 0 Å². The summed E-state index contributed by atoms with van der Waals surface area (Å²) in [4.78, 5) is 0. The van der Waals surface area contributed by atoms with Crippen molar-refractivity contribution >= 4 is 0 Å². The van der Waals surface area contributed by atoms with Crippen LogP contribution in [0.15, 0.2) is 0 Å². The monoisotopic (exact) mass is 228 g/mol. The summed E-state index contributed by atoms with van der Waals surface area (Å²) in [6, 6.07) is 0. The SMILES string of the molecule is CCCNCC.CO.NCCOCCO.[HH].[HH]. The van der Waals surface area contributed by atoms with Crippen LogP contribution in [0.3, 0.4) is 0 Å². The van der Waals surface area contributed by atoms with E-state index < -0.39 is 0 Å². The van der Waals surface area contributed by atoms with Crippen LogP contribution in [0.1, 0.15) is 23.1 Å². The van der Waals surface area contributed by atoms with Crippen LogP contribution >= 0.6 is 0 Å². The number of hydrogen-bond donors (Lipinski definition) is 4. The van der Waals surface area contributed by atoms with Gasteiger partial charge in [-0.1, -0.05) is 13.8 Å². The van der Waals surface area contributed by atoms with E-state index in [-0.39, 0.29) is 9.46 Å². The summed E-state index contributed by atoms with van der Waals surface area (Å²) < 4.78 is 4.76. The summed E-state index contributed by atoms with van der Waals surface area (Å²) in [5, 5.41) is 18.3. The van der Waals surface area contributed by atoms with Gasteiger partial charge in [-0.05, 0) is 19.5 Å². The zero-order valence-corrected chi connectivity index (χ0v) is 10.3. The van der Waals surface area contributed by atoms with Crippen LogP contribution in [-0.4, -0.2) is 56.8 Å². The van der Waals surface area contributed by atoms with E-state index in [1.54, 1.807) is 0 Å². The van der Waals surface area contributed by atoms with E-state index in [1.165, 1.54) is 6.42 Å². The Bertz CT molecular complexity index is 76.6. The van der Waals surface area contributed by atoms with E-state index in [1.807, 2.05) is 0 Å². The van der Waals surface area contributed by atoms with Crippen molar-refractivity contribution in [2.75, 3.05) is 46.6 Å². The standard InChI is InChI=1S/C5H13N.C4H11NO2.CH4O.2H2/c1-3-5-6-4-2;5-1-3-7-4-2-6;1-2;;/h6H,3-5H2,1-2H3;6H,1-5H2;2H,1H3;2*1H. The molecule has 5 nitrogen and oxygen atoms in total. The Kier molecular flexibility index (Phi) is 39.4. The fraction of sp³-hybridized carbons (Fsp3) is 1.00. The lowest BCUT2D eigenvalue weighted by atomic mass is 10.5. The average molecular weight is 228 g/mol. The van der Waals surface area contributed by atoms with Gasteiger partial charge in [0.15, 0.2) is 0 Å². The highest BCUT2D eigenvalue weighted by Crippen LogP contribution is 1.67. The first kappa shape index (κ1) is 20.2. The number of nitrogens with one attached hydrogen (secondary N) is 1. The Morgan fingerprint density at radius 1 is 1.27 bits per heavy atom. The molecule has 15 heavy (non-hydrogen) atoms. The number of aliphatic hydroxyl groups is 2.